The first-order valence-electron chi connectivity index (χ1n) is 6.77. The number of likely N-dealkylation sites (N-methyl/N-ethyl adjacent to an activating group) is 1. The van der Waals surface area contributed by atoms with E-state index in [1.54, 1.807) is 11.3 Å². The van der Waals surface area contributed by atoms with E-state index in [1.165, 1.54) is 0 Å². The number of hydrogen-bond acceptors (Lipinski definition) is 5. The summed E-state index contributed by atoms with van der Waals surface area (Å²) in [6.07, 6.45) is 3.81. The molecule has 5 nitrogen and oxygen atoms in total. The van der Waals surface area contributed by atoms with Crippen LogP contribution in [-0.4, -0.2) is 26.5 Å². The van der Waals surface area contributed by atoms with Crippen molar-refractivity contribution in [3.05, 3.63) is 28.0 Å². The molecule has 1 N–H and O–H groups in total. The fourth-order valence-corrected chi connectivity index (χ4v) is 2.79. The highest BCUT2D eigenvalue weighted by molar-refractivity contribution is 7.09. The molecule has 104 valence electrons. The fourth-order valence-electron chi connectivity index (χ4n) is 2.16. The minimum Gasteiger partial charge on any atom is -0.309 e. The van der Waals surface area contributed by atoms with Gasteiger partial charge in [-0.2, -0.15) is 0 Å². The lowest BCUT2D eigenvalue weighted by Gasteiger charge is -2.17. The van der Waals surface area contributed by atoms with Gasteiger partial charge in [0.2, 0.25) is 0 Å². The summed E-state index contributed by atoms with van der Waals surface area (Å²) >= 11 is 1.70. The number of aromatic nitrogens is 4. The highest BCUT2D eigenvalue weighted by atomic mass is 32.1. The molecule has 0 aliphatic carbocycles. The zero-order valence-electron chi connectivity index (χ0n) is 11.8. The van der Waals surface area contributed by atoms with Gasteiger partial charge in [-0.1, -0.05) is 19.1 Å². The van der Waals surface area contributed by atoms with E-state index in [2.05, 4.69) is 39.8 Å². The van der Waals surface area contributed by atoms with E-state index >= 15 is 0 Å². The topological polar surface area (TPSA) is 55.6 Å². The van der Waals surface area contributed by atoms with E-state index in [1.807, 2.05) is 17.8 Å². The van der Waals surface area contributed by atoms with Gasteiger partial charge in [-0.3, -0.25) is 0 Å². The van der Waals surface area contributed by atoms with Gasteiger partial charge >= 0.3 is 0 Å². The molecular formula is C13H21N5S. The lowest BCUT2D eigenvalue weighted by atomic mass is 10.1. The number of hydrogen-bond donors (Lipinski definition) is 1. The maximum absolute atomic E-state index is 4.55. The van der Waals surface area contributed by atoms with Crippen molar-refractivity contribution in [1.82, 2.24) is 25.3 Å². The molecule has 0 saturated heterocycles. The fraction of sp³-hybridized carbons (Fsp3) is 0.615. The van der Waals surface area contributed by atoms with Crippen LogP contribution in [0.25, 0.3) is 0 Å². The quantitative estimate of drug-likeness (QED) is 0.845. The molecule has 0 aromatic carbocycles. The summed E-state index contributed by atoms with van der Waals surface area (Å²) in [6.45, 7) is 8.14. The molecule has 0 aliphatic heterocycles. The number of rotatable bonds is 7. The molecule has 6 heteroatoms. The molecule has 2 aromatic heterocycles. The van der Waals surface area contributed by atoms with Gasteiger partial charge in [0.15, 0.2) is 0 Å². The Hall–Kier alpha value is -1.27. The third-order valence-electron chi connectivity index (χ3n) is 2.97. The minimum atomic E-state index is 0.230. The van der Waals surface area contributed by atoms with E-state index < -0.39 is 0 Å². The lowest BCUT2D eigenvalue weighted by molar-refractivity contribution is 0.471. The Balaban J connectivity index is 2.16. The predicted octanol–water partition coefficient (Wildman–Crippen LogP) is 2.35. The monoisotopic (exact) mass is 279 g/mol. The highest BCUT2D eigenvalue weighted by Crippen LogP contribution is 2.19. The molecule has 1 unspecified atom stereocenters. The first-order valence-corrected chi connectivity index (χ1v) is 7.65. The first-order chi connectivity index (χ1) is 9.24. The van der Waals surface area contributed by atoms with Gasteiger partial charge < -0.3 is 5.32 Å². The number of nitrogens with zero attached hydrogens (tertiary/aromatic N) is 4. The smallest absolute Gasteiger partial charge is 0.0897 e. The van der Waals surface area contributed by atoms with Crippen LogP contribution < -0.4 is 5.32 Å². The highest BCUT2D eigenvalue weighted by Gasteiger charge is 2.17. The normalized spacial score (nSPS) is 12.8. The van der Waals surface area contributed by atoms with Gasteiger partial charge in [0.1, 0.15) is 0 Å². The van der Waals surface area contributed by atoms with Crippen molar-refractivity contribution < 1.29 is 0 Å². The Morgan fingerprint density at radius 2 is 2.26 bits per heavy atom. The van der Waals surface area contributed by atoms with Crippen LogP contribution in [0.5, 0.6) is 0 Å². The van der Waals surface area contributed by atoms with Crippen molar-refractivity contribution in [2.75, 3.05) is 6.54 Å². The van der Waals surface area contributed by atoms with E-state index in [0.717, 1.165) is 42.3 Å². The molecule has 0 spiro atoms. The van der Waals surface area contributed by atoms with Gasteiger partial charge in [-0.15, -0.1) is 16.4 Å². The second kappa shape index (κ2) is 6.77. The summed E-state index contributed by atoms with van der Waals surface area (Å²) in [5, 5.41) is 15.0. The molecule has 19 heavy (non-hydrogen) atoms. The van der Waals surface area contributed by atoms with Crippen LogP contribution in [0.2, 0.25) is 0 Å². The molecule has 0 aliphatic rings. The van der Waals surface area contributed by atoms with E-state index in [9.17, 15) is 0 Å². The Morgan fingerprint density at radius 3 is 2.89 bits per heavy atom. The zero-order chi connectivity index (χ0) is 13.7. The number of thiazole rings is 1. The summed E-state index contributed by atoms with van der Waals surface area (Å²) in [6, 6.07) is 0.230. The Bertz CT molecular complexity index is 505. The van der Waals surface area contributed by atoms with E-state index in [4.69, 9.17) is 0 Å². The molecular weight excluding hydrogens is 258 g/mol. The average Bonchev–Trinajstić information content (AvgIpc) is 2.99. The Morgan fingerprint density at radius 1 is 1.42 bits per heavy atom. The van der Waals surface area contributed by atoms with Crippen LogP contribution in [0.15, 0.2) is 11.6 Å². The Kier molecular flexibility index (Phi) is 5.04. The second-order valence-electron chi connectivity index (χ2n) is 4.55. The van der Waals surface area contributed by atoms with Crippen LogP contribution in [0.3, 0.4) is 0 Å². The molecule has 0 amide bonds. The van der Waals surface area contributed by atoms with Gasteiger partial charge in [0, 0.05) is 18.3 Å². The Labute approximate surface area is 118 Å². The molecule has 0 radical (unpaired) electrons. The number of nitrogens with one attached hydrogen (secondary N) is 1. The molecule has 0 saturated carbocycles. The van der Waals surface area contributed by atoms with E-state index in [0.29, 0.717) is 0 Å². The van der Waals surface area contributed by atoms with E-state index in [-0.39, 0.29) is 6.04 Å². The molecule has 0 bridgehead atoms. The maximum atomic E-state index is 4.55. The minimum absolute atomic E-state index is 0.230. The predicted molar refractivity (Wildman–Crippen MR) is 77.3 cm³/mol. The summed E-state index contributed by atoms with van der Waals surface area (Å²) in [4.78, 5) is 4.55. The summed E-state index contributed by atoms with van der Waals surface area (Å²) in [5.41, 5.74) is 2.28. The van der Waals surface area contributed by atoms with Crippen LogP contribution in [0, 0.1) is 6.92 Å². The summed E-state index contributed by atoms with van der Waals surface area (Å²) in [5.74, 6) is 0. The van der Waals surface area contributed by atoms with Crippen LogP contribution >= 0.6 is 11.3 Å². The third-order valence-corrected chi connectivity index (χ3v) is 3.79. The van der Waals surface area contributed by atoms with Gasteiger partial charge in [-0.25, -0.2) is 9.67 Å². The standard InChI is InChI=1S/C13H21N5S/c1-4-6-18-13(8-15-17-18)12(14-5-2)7-11-9-19-10(3)16-11/h8-9,12,14H,4-7H2,1-3H3. The molecule has 2 aromatic rings. The molecule has 1 atom stereocenters. The van der Waals surface area contributed by atoms with Crippen LogP contribution in [0.4, 0.5) is 0 Å². The third kappa shape index (κ3) is 3.61. The molecule has 0 fully saturated rings. The largest absolute Gasteiger partial charge is 0.309 e. The van der Waals surface area contributed by atoms with Crippen molar-refractivity contribution in [3.63, 3.8) is 0 Å². The first kappa shape index (κ1) is 14.1. The van der Waals surface area contributed by atoms with Crippen LogP contribution in [-0.2, 0) is 13.0 Å². The van der Waals surface area contributed by atoms with Gasteiger partial charge in [-0.05, 0) is 19.9 Å². The molecule has 2 rings (SSSR count). The van der Waals surface area contributed by atoms with Crippen molar-refractivity contribution in [1.29, 1.82) is 0 Å². The second-order valence-corrected chi connectivity index (χ2v) is 5.62. The lowest BCUT2D eigenvalue weighted by Crippen LogP contribution is -2.26. The van der Waals surface area contributed by atoms with Crippen molar-refractivity contribution in [3.8, 4) is 0 Å². The zero-order valence-corrected chi connectivity index (χ0v) is 12.6. The summed E-state index contributed by atoms with van der Waals surface area (Å²) < 4.78 is 1.99. The SMILES string of the molecule is CCCn1nncc1C(Cc1csc(C)n1)NCC. The van der Waals surface area contributed by atoms with Gasteiger partial charge in [0.25, 0.3) is 0 Å². The number of aryl methyl sites for hydroxylation is 2. The average molecular weight is 279 g/mol. The van der Waals surface area contributed by atoms with Crippen molar-refractivity contribution in [2.45, 2.75) is 46.2 Å². The van der Waals surface area contributed by atoms with Gasteiger partial charge in [0.05, 0.1) is 28.6 Å². The van der Waals surface area contributed by atoms with Crippen molar-refractivity contribution >= 4 is 11.3 Å². The molecule has 2 heterocycles. The summed E-state index contributed by atoms with van der Waals surface area (Å²) in [7, 11) is 0. The van der Waals surface area contributed by atoms with Crippen LogP contribution in [0.1, 0.15) is 42.7 Å². The maximum Gasteiger partial charge on any atom is 0.0897 e. The van der Waals surface area contributed by atoms with Crippen molar-refractivity contribution in [2.24, 2.45) is 0 Å².